The number of hydrogen-bond acceptors (Lipinski definition) is 5. The minimum atomic E-state index is -0.169. The number of hydrogen-bond donors (Lipinski definition) is 2. The highest BCUT2D eigenvalue weighted by atomic mass is 32.2. The Balaban J connectivity index is 1.76. The van der Waals surface area contributed by atoms with Crippen molar-refractivity contribution in [3.8, 4) is 0 Å². The zero-order chi connectivity index (χ0) is 13.2. The molecule has 0 radical (unpaired) electrons. The molecule has 3 heterocycles. The molecule has 0 aromatic carbocycles. The molecule has 2 aromatic heterocycles. The number of amides is 1. The lowest BCUT2D eigenvalue weighted by Crippen LogP contribution is -2.43. The number of rotatable bonds is 3. The molecular weight excluding hydrogens is 262 g/mol. The number of pyridine rings is 1. The molecular formula is C12H15N5OS. The van der Waals surface area contributed by atoms with Crippen LogP contribution in [0.3, 0.4) is 0 Å². The lowest BCUT2D eigenvalue weighted by atomic mass is 10.2. The summed E-state index contributed by atoms with van der Waals surface area (Å²) in [5.74, 6) is 2.42. The molecule has 1 fully saturated rings. The van der Waals surface area contributed by atoms with Crippen molar-refractivity contribution >= 4 is 23.3 Å². The van der Waals surface area contributed by atoms with E-state index in [9.17, 15) is 4.79 Å². The highest BCUT2D eigenvalue weighted by molar-refractivity contribution is 7.99. The molecule has 2 aromatic rings. The number of aromatic nitrogens is 3. The zero-order valence-corrected chi connectivity index (χ0v) is 11.4. The van der Waals surface area contributed by atoms with Gasteiger partial charge in [0.15, 0.2) is 11.5 Å². The lowest BCUT2D eigenvalue weighted by Gasteiger charge is -2.15. The molecule has 1 aliphatic rings. The van der Waals surface area contributed by atoms with Crippen LogP contribution < -0.4 is 10.6 Å². The van der Waals surface area contributed by atoms with E-state index >= 15 is 0 Å². The van der Waals surface area contributed by atoms with E-state index in [1.54, 1.807) is 11.8 Å². The van der Waals surface area contributed by atoms with E-state index in [0.29, 0.717) is 0 Å². The second-order valence-corrected chi connectivity index (χ2v) is 5.52. The number of nitrogens with one attached hydrogen (secondary N) is 2. The van der Waals surface area contributed by atoms with E-state index in [2.05, 4.69) is 20.8 Å². The molecule has 19 heavy (non-hydrogen) atoms. The van der Waals surface area contributed by atoms with E-state index in [1.807, 2.05) is 35.7 Å². The van der Waals surface area contributed by atoms with E-state index < -0.39 is 0 Å². The summed E-state index contributed by atoms with van der Waals surface area (Å²) in [6, 6.07) is 5.45. The van der Waals surface area contributed by atoms with Crippen molar-refractivity contribution < 1.29 is 4.79 Å². The summed E-state index contributed by atoms with van der Waals surface area (Å²) in [6.07, 6.45) is 1.90. The van der Waals surface area contributed by atoms with Crippen LogP contribution in [-0.2, 0) is 4.79 Å². The number of carbonyl (C=O) groups is 1. The van der Waals surface area contributed by atoms with E-state index in [1.165, 1.54) is 0 Å². The van der Waals surface area contributed by atoms with Crippen LogP contribution in [0.2, 0.25) is 0 Å². The van der Waals surface area contributed by atoms with Crippen molar-refractivity contribution in [1.29, 1.82) is 0 Å². The van der Waals surface area contributed by atoms with Gasteiger partial charge >= 0.3 is 0 Å². The van der Waals surface area contributed by atoms with Gasteiger partial charge in [0.05, 0.1) is 12.1 Å². The Morgan fingerprint density at radius 3 is 3.26 bits per heavy atom. The quantitative estimate of drug-likeness (QED) is 0.858. The molecule has 0 spiro atoms. The molecule has 3 rings (SSSR count). The first-order valence-electron chi connectivity index (χ1n) is 6.17. The first-order chi connectivity index (χ1) is 9.25. The first-order valence-corrected chi connectivity index (χ1v) is 7.32. The van der Waals surface area contributed by atoms with Crippen LogP contribution in [0.15, 0.2) is 24.4 Å². The fraction of sp³-hybridized carbons (Fsp3) is 0.417. The van der Waals surface area contributed by atoms with Crippen molar-refractivity contribution in [2.24, 2.45) is 0 Å². The van der Waals surface area contributed by atoms with Gasteiger partial charge in [0.1, 0.15) is 0 Å². The summed E-state index contributed by atoms with van der Waals surface area (Å²) < 4.78 is 1.89. The second-order valence-electron chi connectivity index (χ2n) is 4.49. The normalized spacial score (nSPS) is 20.6. The third kappa shape index (κ3) is 2.43. The van der Waals surface area contributed by atoms with Gasteiger partial charge in [-0.05, 0) is 19.1 Å². The Labute approximate surface area is 115 Å². The molecule has 7 heteroatoms. The van der Waals surface area contributed by atoms with Crippen LogP contribution in [0.4, 0.5) is 0 Å². The Morgan fingerprint density at radius 1 is 1.58 bits per heavy atom. The molecule has 100 valence electrons. The Morgan fingerprint density at radius 2 is 2.47 bits per heavy atom. The van der Waals surface area contributed by atoms with E-state index in [0.717, 1.165) is 23.1 Å². The predicted octanol–water partition coefficient (Wildman–Crippen LogP) is 0.569. The molecule has 2 atom stereocenters. The monoisotopic (exact) mass is 277 g/mol. The van der Waals surface area contributed by atoms with Gasteiger partial charge in [-0.2, -0.15) is 0 Å². The topological polar surface area (TPSA) is 71.3 Å². The third-order valence-electron chi connectivity index (χ3n) is 3.12. The van der Waals surface area contributed by atoms with Crippen LogP contribution in [-0.4, -0.2) is 38.2 Å². The van der Waals surface area contributed by atoms with Crippen molar-refractivity contribution in [2.75, 3.05) is 11.6 Å². The van der Waals surface area contributed by atoms with Crippen LogP contribution in [0.25, 0.3) is 5.65 Å². The Hall–Kier alpha value is -1.60. The molecule has 0 aliphatic carbocycles. The fourth-order valence-corrected chi connectivity index (χ4v) is 3.04. The first kappa shape index (κ1) is 12.4. The van der Waals surface area contributed by atoms with Crippen LogP contribution >= 0.6 is 11.8 Å². The summed E-state index contributed by atoms with van der Waals surface area (Å²) in [5.41, 5.74) is 0.785. The lowest BCUT2D eigenvalue weighted by molar-refractivity contribution is -0.123. The van der Waals surface area contributed by atoms with Crippen molar-refractivity contribution in [3.63, 3.8) is 0 Å². The van der Waals surface area contributed by atoms with Crippen LogP contribution in [0, 0.1) is 0 Å². The van der Waals surface area contributed by atoms with Crippen molar-refractivity contribution in [2.45, 2.75) is 19.0 Å². The maximum absolute atomic E-state index is 12.0. The highest BCUT2D eigenvalue weighted by Gasteiger charge is 2.25. The third-order valence-corrected chi connectivity index (χ3v) is 4.06. The molecule has 1 saturated heterocycles. The maximum atomic E-state index is 12.0. The van der Waals surface area contributed by atoms with Crippen LogP contribution in [0.5, 0.6) is 0 Å². The standard InChI is InChI=1S/C12H15N5OS/c1-8(14-12(18)9-6-19-7-13-9)11-16-15-10-4-2-3-5-17(10)11/h2-5,8-9,13H,6-7H2,1H3,(H,14,18). The van der Waals surface area contributed by atoms with E-state index in [4.69, 9.17) is 0 Å². The average Bonchev–Trinajstić information content (AvgIpc) is 3.08. The van der Waals surface area contributed by atoms with Gasteiger partial charge in [0.25, 0.3) is 0 Å². The second kappa shape index (κ2) is 5.18. The largest absolute Gasteiger partial charge is 0.345 e. The Bertz CT molecular complexity index is 593. The molecule has 1 amide bonds. The van der Waals surface area contributed by atoms with Gasteiger partial charge in [-0.15, -0.1) is 22.0 Å². The van der Waals surface area contributed by atoms with Gasteiger partial charge in [-0.3, -0.25) is 14.5 Å². The maximum Gasteiger partial charge on any atom is 0.238 e. The summed E-state index contributed by atoms with van der Waals surface area (Å²) >= 11 is 1.73. The summed E-state index contributed by atoms with van der Waals surface area (Å²) in [6.45, 7) is 1.92. The van der Waals surface area contributed by atoms with Gasteiger partial charge in [-0.25, -0.2) is 0 Å². The minimum absolute atomic E-state index is 0.0187. The smallest absolute Gasteiger partial charge is 0.238 e. The molecule has 1 aliphatic heterocycles. The van der Waals surface area contributed by atoms with Gasteiger partial charge in [-0.1, -0.05) is 6.07 Å². The number of carbonyl (C=O) groups excluding carboxylic acids is 1. The van der Waals surface area contributed by atoms with Crippen molar-refractivity contribution in [1.82, 2.24) is 25.2 Å². The Kier molecular flexibility index (Phi) is 3.39. The molecule has 2 N–H and O–H groups in total. The predicted molar refractivity (Wildman–Crippen MR) is 73.8 cm³/mol. The number of nitrogens with zero attached hydrogens (tertiary/aromatic N) is 3. The summed E-state index contributed by atoms with van der Waals surface area (Å²) in [7, 11) is 0. The number of thioether (sulfide) groups is 1. The molecule has 0 bridgehead atoms. The zero-order valence-electron chi connectivity index (χ0n) is 10.5. The van der Waals surface area contributed by atoms with Gasteiger partial charge in [0.2, 0.25) is 5.91 Å². The molecule has 0 saturated carbocycles. The van der Waals surface area contributed by atoms with Crippen LogP contribution in [0.1, 0.15) is 18.8 Å². The number of fused-ring (bicyclic) bond motifs is 1. The SMILES string of the molecule is CC(NC(=O)C1CSCN1)c1nnc2ccccn12. The van der Waals surface area contributed by atoms with E-state index in [-0.39, 0.29) is 18.0 Å². The molecule has 6 nitrogen and oxygen atoms in total. The average molecular weight is 277 g/mol. The highest BCUT2D eigenvalue weighted by Crippen LogP contribution is 2.14. The minimum Gasteiger partial charge on any atom is -0.345 e. The van der Waals surface area contributed by atoms with Crippen molar-refractivity contribution in [3.05, 3.63) is 30.2 Å². The van der Waals surface area contributed by atoms with Gasteiger partial charge in [0, 0.05) is 17.8 Å². The molecule has 2 unspecified atom stereocenters. The fourth-order valence-electron chi connectivity index (χ4n) is 2.10. The van der Waals surface area contributed by atoms with Gasteiger partial charge < -0.3 is 5.32 Å². The summed E-state index contributed by atoms with van der Waals surface area (Å²) in [5, 5.41) is 14.4. The summed E-state index contributed by atoms with van der Waals surface area (Å²) in [4.78, 5) is 12.0.